The van der Waals surface area contributed by atoms with Gasteiger partial charge in [0.15, 0.2) is 5.82 Å². The molecule has 0 unspecified atom stereocenters. The lowest BCUT2D eigenvalue weighted by Gasteiger charge is -2.10. The Labute approximate surface area is 135 Å². The zero-order valence-electron chi connectivity index (χ0n) is 12.9. The molecule has 116 valence electrons. The number of aromatic nitrogens is 3. The van der Waals surface area contributed by atoms with E-state index in [1.54, 1.807) is 29.3 Å². The normalized spacial score (nSPS) is 10.5. The van der Waals surface area contributed by atoms with E-state index in [0.717, 1.165) is 5.56 Å². The second kappa shape index (κ2) is 6.87. The van der Waals surface area contributed by atoms with Crippen LogP contribution in [0.5, 0.6) is 0 Å². The Morgan fingerprint density at radius 2 is 1.96 bits per heavy atom. The van der Waals surface area contributed by atoms with Crippen molar-refractivity contribution >= 4 is 11.6 Å². The maximum Gasteiger partial charge on any atom is 0.224 e. The summed E-state index contributed by atoms with van der Waals surface area (Å²) in [6.45, 7) is 2.05. The Kier molecular flexibility index (Phi) is 4.47. The molecule has 0 radical (unpaired) electrons. The number of nitrogens with one attached hydrogen (secondary N) is 1. The van der Waals surface area contributed by atoms with Crippen LogP contribution < -0.4 is 5.32 Å². The van der Waals surface area contributed by atoms with E-state index in [-0.39, 0.29) is 5.91 Å². The fourth-order valence-electron chi connectivity index (χ4n) is 2.30. The zero-order chi connectivity index (χ0) is 16.1. The number of aryl methyl sites for hydroxylation is 2. The van der Waals surface area contributed by atoms with Crippen LogP contribution >= 0.6 is 0 Å². The maximum atomic E-state index is 12.2. The molecular weight excluding hydrogens is 288 g/mol. The second-order valence-corrected chi connectivity index (χ2v) is 5.36. The predicted octanol–water partition coefficient (Wildman–Crippen LogP) is 3.15. The van der Waals surface area contributed by atoms with Gasteiger partial charge in [-0.3, -0.25) is 4.79 Å². The van der Waals surface area contributed by atoms with Crippen LogP contribution in [0.15, 0.2) is 61.1 Å². The fourth-order valence-corrected chi connectivity index (χ4v) is 2.30. The Morgan fingerprint density at radius 3 is 2.70 bits per heavy atom. The molecule has 5 heteroatoms. The number of rotatable bonds is 5. The van der Waals surface area contributed by atoms with Gasteiger partial charge < -0.3 is 5.32 Å². The summed E-state index contributed by atoms with van der Waals surface area (Å²) in [5, 5.41) is 7.08. The highest BCUT2D eigenvalue weighted by Gasteiger charge is 2.09. The first-order valence-corrected chi connectivity index (χ1v) is 7.53. The molecule has 0 aliphatic heterocycles. The van der Waals surface area contributed by atoms with Crippen molar-refractivity contribution in [3.05, 3.63) is 72.2 Å². The van der Waals surface area contributed by atoms with Gasteiger partial charge in [-0.2, -0.15) is 5.10 Å². The van der Waals surface area contributed by atoms with Crippen LogP contribution in [0.2, 0.25) is 0 Å². The summed E-state index contributed by atoms with van der Waals surface area (Å²) >= 11 is 0. The van der Waals surface area contributed by atoms with Crippen molar-refractivity contribution in [1.29, 1.82) is 0 Å². The number of hydrogen-bond donors (Lipinski definition) is 1. The van der Waals surface area contributed by atoms with E-state index in [1.165, 1.54) is 5.56 Å². The van der Waals surface area contributed by atoms with Gasteiger partial charge in [-0.25, -0.2) is 9.67 Å². The van der Waals surface area contributed by atoms with Gasteiger partial charge in [0.2, 0.25) is 5.91 Å². The smallest absolute Gasteiger partial charge is 0.224 e. The van der Waals surface area contributed by atoms with Crippen LogP contribution in [0.1, 0.15) is 17.5 Å². The van der Waals surface area contributed by atoms with E-state index in [4.69, 9.17) is 0 Å². The van der Waals surface area contributed by atoms with Gasteiger partial charge in [0.1, 0.15) is 0 Å². The molecule has 3 rings (SSSR count). The number of nitrogens with zero attached hydrogens (tertiary/aromatic N) is 3. The molecule has 0 spiro atoms. The van der Waals surface area contributed by atoms with E-state index in [0.29, 0.717) is 24.3 Å². The summed E-state index contributed by atoms with van der Waals surface area (Å²) in [5.41, 5.74) is 3.03. The zero-order valence-corrected chi connectivity index (χ0v) is 12.9. The largest absolute Gasteiger partial charge is 0.323 e. The van der Waals surface area contributed by atoms with E-state index in [2.05, 4.69) is 46.6 Å². The second-order valence-electron chi connectivity index (χ2n) is 5.36. The van der Waals surface area contributed by atoms with Crippen molar-refractivity contribution < 1.29 is 4.79 Å². The first kappa shape index (κ1) is 15.0. The van der Waals surface area contributed by atoms with Gasteiger partial charge in [-0.05, 0) is 37.1 Å². The summed E-state index contributed by atoms with van der Waals surface area (Å²) in [7, 11) is 0. The average Bonchev–Trinajstić information content (AvgIpc) is 3.09. The monoisotopic (exact) mass is 306 g/mol. The predicted molar refractivity (Wildman–Crippen MR) is 89.5 cm³/mol. The summed E-state index contributed by atoms with van der Waals surface area (Å²) in [6.07, 6.45) is 6.29. The molecular formula is C18H18N4O. The highest BCUT2D eigenvalue weighted by Crippen LogP contribution is 2.16. The first-order valence-electron chi connectivity index (χ1n) is 7.53. The van der Waals surface area contributed by atoms with Gasteiger partial charge in [-0.15, -0.1) is 0 Å². The molecule has 2 aromatic heterocycles. The third-order valence-electron chi connectivity index (χ3n) is 3.54. The van der Waals surface area contributed by atoms with Crippen molar-refractivity contribution in [2.24, 2.45) is 0 Å². The minimum Gasteiger partial charge on any atom is -0.323 e. The van der Waals surface area contributed by atoms with E-state index in [1.807, 2.05) is 12.1 Å². The van der Waals surface area contributed by atoms with E-state index >= 15 is 0 Å². The lowest BCUT2D eigenvalue weighted by Crippen LogP contribution is -2.15. The summed E-state index contributed by atoms with van der Waals surface area (Å²) in [5.74, 6) is 0.577. The third kappa shape index (κ3) is 3.83. The summed E-state index contributed by atoms with van der Waals surface area (Å²) in [6, 6.07) is 13.7. The molecule has 0 saturated heterocycles. The van der Waals surface area contributed by atoms with Gasteiger partial charge in [0, 0.05) is 25.0 Å². The quantitative estimate of drug-likeness (QED) is 0.787. The molecule has 5 nitrogen and oxygen atoms in total. The highest BCUT2D eigenvalue weighted by atomic mass is 16.1. The number of carbonyl (C=O) groups excluding carboxylic acids is 1. The van der Waals surface area contributed by atoms with E-state index < -0.39 is 0 Å². The molecule has 0 saturated carbocycles. The van der Waals surface area contributed by atoms with Crippen LogP contribution in [0.4, 0.5) is 5.69 Å². The maximum absolute atomic E-state index is 12.2. The number of amides is 1. The minimum absolute atomic E-state index is 0.0352. The number of benzene rings is 1. The number of pyridine rings is 1. The molecule has 0 aliphatic carbocycles. The molecule has 0 bridgehead atoms. The number of anilines is 1. The van der Waals surface area contributed by atoms with Crippen molar-refractivity contribution in [1.82, 2.24) is 14.8 Å². The van der Waals surface area contributed by atoms with Crippen molar-refractivity contribution in [3.8, 4) is 5.82 Å². The number of carbonyl (C=O) groups is 1. The third-order valence-corrected chi connectivity index (χ3v) is 3.54. The SMILES string of the molecule is Cc1ccc(CCC(=O)Nc2cccnc2-n2cccn2)cc1. The Bertz CT molecular complexity index is 779. The topological polar surface area (TPSA) is 59.8 Å². The lowest BCUT2D eigenvalue weighted by molar-refractivity contribution is -0.116. The van der Waals surface area contributed by atoms with E-state index in [9.17, 15) is 4.79 Å². The summed E-state index contributed by atoms with van der Waals surface area (Å²) < 4.78 is 1.63. The van der Waals surface area contributed by atoms with Crippen LogP contribution in [0.25, 0.3) is 5.82 Å². The van der Waals surface area contributed by atoms with Crippen LogP contribution in [-0.4, -0.2) is 20.7 Å². The fraction of sp³-hybridized carbons (Fsp3) is 0.167. The van der Waals surface area contributed by atoms with Gasteiger partial charge in [0.05, 0.1) is 5.69 Å². The molecule has 0 atom stereocenters. The van der Waals surface area contributed by atoms with Crippen molar-refractivity contribution in [2.45, 2.75) is 19.8 Å². The van der Waals surface area contributed by atoms with Crippen LogP contribution in [0, 0.1) is 6.92 Å². The Balaban J connectivity index is 1.65. The van der Waals surface area contributed by atoms with Crippen LogP contribution in [0.3, 0.4) is 0 Å². The lowest BCUT2D eigenvalue weighted by atomic mass is 10.1. The van der Waals surface area contributed by atoms with Crippen molar-refractivity contribution in [3.63, 3.8) is 0 Å². The molecule has 0 fully saturated rings. The van der Waals surface area contributed by atoms with Gasteiger partial charge >= 0.3 is 0 Å². The molecule has 1 aromatic carbocycles. The highest BCUT2D eigenvalue weighted by molar-refractivity contribution is 5.92. The van der Waals surface area contributed by atoms with Gasteiger partial charge in [-0.1, -0.05) is 29.8 Å². The average molecular weight is 306 g/mol. The standard InChI is InChI=1S/C18H18N4O/c1-14-5-7-15(8-6-14)9-10-17(23)21-16-4-2-11-19-18(16)22-13-3-12-20-22/h2-8,11-13H,9-10H2,1H3,(H,21,23). The molecule has 0 aliphatic rings. The molecule has 3 aromatic rings. The Hall–Kier alpha value is -2.95. The molecule has 1 amide bonds. The number of hydrogen-bond acceptors (Lipinski definition) is 3. The van der Waals surface area contributed by atoms with Gasteiger partial charge in [0.25, 0.3) is 0 Å². The van der Waals surface area contributed by atoms with Crippen molar-refractivity contribution in [2.75, 3.05) is 5.32 Å². The Morgan fingerprint density at radius 1 is 1.13 bits per heavy atom. The minimum atomic E-state index is -0.0352. The molecule has 1 N–H and O–H groups in total. The van der Waals surface area contributed by atoms with Crippen LogP contribution in [-0.2, 0) is 11.2 Å². The molecule has 23 heavy (non-hydrogen) atoms. The summed E-state index contributed by atoms with van der Waals surface area (Å²) in [4.78, 5) is 16.5. The first-order chi connectivity index (χ1) is 11.2. The molecule has 2 heterocycles.